The summed E-state index contributed by atoms with van der Waals surface area (Å²) in [7, 11) is 0. The van der Waals surface area contributed by atoms with E-state index < -0.39 is 17.9 Å². The molecule has 0 aromatic carbocycles. The highest BCUT2D eigenvalue weighted by Crippen LogP contribution is 2.24. The van der Waals surface area contributed by atoms with Crippen LogP contribution in [-0.2, 0) is 23.9 Å². The molecule has 0 aromatic heterocycles. The van der Waals surface area contributed by atoms with Gasteiger partial charge in [-0.05, 0) is 20.8 Å². The van der Waals surface area contributed by atoms with Crippen molar-refractivity contribution in [2.75, 3.05) is 6.61 Å². The molecular formula is C13H17NO5. The van der Waals surface area contributed by atoms with E-state index in [0.29, 0.717) is 17.0 Å². The van der Waals surface area contributed by atoms with Gasteiger partial charge in [-0.3, -0.25) is 4.79 Å². The summed E-state index contributed by atoms with van der Waals surface area (Å²) in [5, 5.41) is 2.92. The normalized spacial score (nSPS) is 14.9. The predicted octanol–water partition coefficient (Wildman–Crippen LogP) is 1.18. The fraction of sp³-hybridized carbons (Fsp3) is 0.462. The second kappa shape index (κ2) is 6.17. The summed E-state index contributed by atoms with van der Waals surface area (Å²) < 4.78 is 9.45. The van der Waals surface area contributed by atoms with Crippen LogP contribution in [0.4, 0.5) is 0 Å². The first-order chi connectivity index (χ1) is 8.86. The Labute approximate surface area is 111 Å². The molecule has 1 aliphatic heterocycles. The van der Waals surface area contributed by atoms with Gasteiger partial charge in [-0.1, -0.05) is 0 Å². The molecule has 6 nitrogen and oxygen atoms in total. The maximum atomic E-state index is 11.7. The molecule has 104 valence electrons. The Bertz CT molecular complexity index is 487. The van der Waals surface area contributed by atoms with E-state index in [9.17, 15) is 14.4 Å². The Balaban J connectivity index is 2.92. The molecule has 1 heterocycles. The molecule has 0 aromatic rings. The highest BCUT2D eigenvalue weighted by atomic mass is 16.6. The zero-order valence-electron chi connectivity index (χ0n) is 11.5. The van der Waals surface area contributed by atoms with Gasteiger partial charge in [-0.25, -0.2) is 9.59 Å². The maximum absolute atomic E-state index is 11.7. The van der Waals surface area contributed by atoms with E-state index >= 15 is 0 Å². The SMILES string of the molecule is CCOC(=O)C1=C(C)NC(C)=C(C(=O)OC(C)=O)C1. The van der Waals surface area contributed by atoms with Crippen LogP contribution in [0.1, 0.15) is 34.1 Å². The molecule has 0 fully saturated rings. The van der Waals surface area contributed by atoms with Crippen molar-refractivity contribution in [3.05, 3.63) is 22.5 Å². The Morgan fingerprint density at radius 1 is 1.11 bits per heavy atom. The van der Waals surface area contributed by atoms with Gasteiger partial charge in [0.05, 0.1) is 17.8 Å². The zero-order valence-corrected chi connectivity index (χ0v) is 11.5. The Morgan fingerprint density at radius 3 is 2.11 bits per heavy atom. The summed E-state index contributed by atoms with van der Waals surface area (Å²) in [5.74, 6) is -1.91. The van der Waals surface area contributed by atoms with Crippen molar-refractivity contribution in [3.63, 3.8) is 0 Å². The van der Waals surface area contributed by atoms with Crippen LogP contribution < -0.4 is 5.32 Å². The number of hydrogen-bond donors (Lipinski definition) is 1. The van der Waals surface area contributed by atoms with Crippen molar-refractivity contribution in [2.24, 2.45) is 0 Å². The number of esters is 3. The zero-order chi connectivity index (χ0) is 14.6. The molecule has 0 saturated carbocycles. The van der Waals surface area contributed by atoms with E-state index in [0.717, 1.165) is 6.92 Å². The third-order valence-electron chi connectivity index (χ3n) is 2.64. The number of allylic oxidation sites excluding steroid dienone is 2. The topological polar surface area (TPSA) is 81.7 Å². The minimum atomic E-state index is -0.744. The van der Waals surface area contributed by atoms with Gasteiger partial charge >= 0.3 is 17.9 Å². The quantitative estimate of drug-likeness (QED) is 0.611. The molecule has 0 radical (unpaired) electrons. The molecular weight excluding hydrogens is 250 g/mol. The molecule has 0 bridgehead atoms. The van der Waals surface area contributed by atoms with Crippen molar-refractivity contribution in [1.82, 2.24) is 5.32 Å². The Hall–Kier alpha value is -2.11. The van der Waals surface area contributed by atoms with Crippen molar-refractivity contribution >= 4 is 17.9 Å². The van der Waals surface area contributed by atoms with Crippen LogP contribution in [0.3, 0.4) is 0 Å². The van der Waals surface area contributed by atoms with Gasteiger partial charge in [0.2, 0.25) is 0 Å². The van der Waals surface area contributed by atoms with E-state index in [1.807, 2.05) is 0 Å². The van der Waals surface area contributed by atoms with Crippen LogP contribution in [0.5, 0.6) is 0 Å². The molecule has 0 spiro atoms. The molecule has 0 atom stereocenters. The number of ether oxygens (including phenoxy) is 2. The van der Waals surface area contributed by atoms with Gasteiger partial charge in [0.15, 0.2) is 0 Å². The maximum Gasteiger partial charge on any atom is 0.343 e. The lowest BCUT2D eigenvalue weighted by molar-refractivity contribution is -0.155. The summed E-state index contributed by atoms with van der Waals surface area (Å²) in [6.45, 7) is 6.52. The lowest BCUT2D eigenvalue weighted by Crippen LogP contribution is -2.27. The van der Waals surface area contributed by atoms with E-state index in [-0.39, 0.29) is 18.6 Å². The smallest absolute Gasteiger partial charge is 0.343 e. The van der Waals surface area contributed by atoms with Crippen molar-refractivity contribution < 1.29 is 23.9 Å². The van der Waals surface area contributed by atoms with Crippen molar-refractivity contribution in [1.29, 1.82) is 0 Å². The van der Waals surface area contributed by atoms with Crippen molar-refractivity contribution in [3.8, 4) is 0 Å². The molecule has 1 aliphatic rings. The van der Waals surface area contributed by atoms with Gasteiger partial charge in [-0.2, -0.15) is 0 Å². The molecule has 1 N–H and O–H groups in total. The first-order valence-corrected chi connectivity index (χ1v) is 5.93. The van der Waals surface area contributed by atoms with Crippen LogP contribution in [0.2, 0.25) is 0 Å². The van der Waals surface area contributed by atoms with Gasteiger partial charge in [0.25, 0.3) is 0 Å². The fourth-order valence-corrected chi connectivity index (χ4v) is 1.73. The number of dihydropyridines is 1. The number of rotatable bonds is 3. The summed E-state index contributed by atoms with van der Waals surface area (Å²) in [5.41, 5.74) is 1.82. The minimum Gasteiger partial charge on any atom is -0.463 e. The average Bonchev–Trinajstić information content (AvgIpc) is 2.27. The van der Waals surface area contributed by atoms with Crippen LogP contribution in [-0.4, -0.2) is 24.5 Å². The van der Waals surface area contributed by atoms with Crippen LogP contribution in [0, 0.1) is 0 Å². The highest BCUT2D eigenvalue weighted by Gasteiger charge is 2.27. The summed E-state index contributed by atoms with van der Waals surface area (Å²) in [6.07, 6.45) is 0.0929. The summed E-state index contributed by atoms with van der Waals surface area (Å²) >= 11 is 0. The van der Waals surface area contributed by atoms with E-state index in [4.69, 9.17) is 4.74 Å². The summed E-state index contributed by atoms with van der Waals surface area (Å²) in [6, 6.07) is 0. The van der Waals surface area contributed by atoms with E-state index in [1.54, 1.807) is 20.8 Å². The highest BCUT2D eigenvalue weighted by molar-refractivity contribution is 6.00. The molecule has 19 heavy (non-hydrogen) atoms. The second-order valence-corrected chi connectivity index (χ2v) is 4.11. The first kappa shape index (κ1) is 14.9. The van der Waals surface area contributed by atoms with Gasteiger partial charge < -0.3 is 14.8 Å². The number of carbonyl (C=O) groups is 3. The molecule has 0 unspecified atom stereocenters. The average molecular weight is 267 g/mol. The number of carbonyl (C=O) groups excluding carboxylic acids is 3. The number of hydrogen-bond acceptors (Lipinski definition) is 6. The third kappa shape index (κ3) is 3.67. The molecule has 0 amide bonds. The van der Waals surface area contributed by atoms with Crippen LogP contribution in [0.25, 0.3) is 0 Å². The summed E-state index contributed by atoms with van der Waals surface area (Å²) in [4.78, 5) is 34.3. The monoisotopic (exact) mass is 267 g/mol. The Morgan fingerprint density at radius 2 is 1.63 bits per heavy atom. The second-order valence-electron chi connectivity index (χ2n) is 4.11. The molecule has 0 saturated heterocycles. The van der Waals surface area contributed by atoms with Crippen molar-refractivity contribution in [2.45, 2.75) is 34.1 Å². The lowest BCUT2D eigenvalue weighted by Gasteiger charge is -2.21. The van der Waals surface area contributed by atoms with Crippen LogP contribution >= 0.6 is 0 Å². The minimum absolute atomic E-state index is 0.0929. The van der Waals surface area contributed by atoms with Gasteiger partial charge in [0.1, 0.15) is 0 Å². The van der Waals surface area contributed by atoms with E-state index in [2.05, 4.69) is 10.1 Å². The van der Waals surface area contributed by atoms with E-state index in [1.165, 1.54) is 0 Å². The molecule has 0 aliphatic carbocycles. The lowest BCUT2D eigenvalue weighted by atomic mass is 9.98. The van der Waals surface area contributed by atoms with Crippen LogP contribution in [0.15, 0.2) is 22.5 Å². The predicted molar refractivity (Wildman–Crippen MR) is 66.6 cm³/mol. The third-order valence-corrected chi connectivity index (χ3v) is 2.64. The Kier molecular flexibility index (Phi) is 4.86. The largest absolute Gasteiger partial charge is 0.463 e. The first-order valence-electron chi connectivity index (χ1n) is 5.93. The fourth-order valence-electron chi connectivity index (χ4n) is 1.73. The number of nitrogens with one attached hydrogen (secondary N) is 1. The molecule has 6 heteroatoms. The molecule has 1 rings (SSSR count). The standard InChI is InChI=1S/C13H17NO5/c1-5-18-12(16)10-6-11(8(3)14-7(10)2)13(17)19-9(4)15/h14H,5-6H2,1-4H3. The van der Waals surface area contributed by atoms with Gasteiger partial charge in [0, 0.05) is 24.7 Å². The van der Waals surface area contributed by atoms with Gasteiger partial charge in [-0.15, -0.1) is 0 Å².